The lowest BCUT2D eigenvalue weighted by Gasteiger charge is -2.28. The van der Waals surface area contributed by atoms with Crippen LogP contribution in [0.2, 0.25) is 0 Å². The van der Waals surface area contributed by atoms with Crippen molar-refractivity contribution in [3.63, 3.8) is 0 Å². The van der Waals surface area contributed by atoms with Gasteiger partial charge < -0.3 is 0 Å². The number of aryl methyl sites for hydroxylation is 6. The molecule has 0 amide bonds. The van der Waals surface area contributed by atoms with E-state index in [1.54, 1.807) is 12.1 Å². The summed E-state index contributed by atoms with van der Waals surface area (Å²) in [5, 5.41) is 0. The van der Waals surface area contributed by atoms with Gasteiger partial charge in [-0.05, 0) is 183 Å². The van der Waals surface area contributed by atoms with Gasteiger partial charge in [-0.15, -0.1) is 0 Å². The van der Waals surface area contributed by atoms with Gasteiger partial charge in [0.25, 0.3) is 0 Å². The van der Waals surface area contributed by atoms with Crippen molar-refractivity contribution in [2.45, 2.75) is 162 Å². The Morgan fingerprint density at radius 2 is 0.785 bits per heavy atom. The van der Waals surface area contributed by atoms with Crippen LogP contribution in [0.5, 0.6) is 0 Å². The number of hydrogen-bond donors (Lipinski definition) is 0. The molecule has 2 saturated carbocycles. The lowest BCUT2D eigenvalue weighted by atomic mass is 9.77. The van der Waals surface area contributed by atoms with Gasteiger partial charge in [-0.2, -0.15) is 0 Å². The van der Waals surface area contributed by atoms with Crippen LogP contribution in [0.15, 0.2) is 133 Å². The summed E-state index contributed by atoms with van der Waals surface area (Å²) in [6.45, 7) is 8.93. The molecule has 6 aromatic rings. The van der Waals surface area contributed by atoms with E-state index in [1.165, 1.54) is 141 Å². The highest BCUT2D eigenvalue weighted by Crippen LogP contribution is 2.40. The first kappa shape index (κ1) is 48.1. The summed E-state index contributed by atoms with van der Waals surface area (Å²) in [6, 6.07) is 46.7. The van der Waals surface area contributed by atoms with E-state index in [0.29, 0.717) is 17.4 Å². The number of halogens is 2. The normalized spacial score (nSPS) is 18.5. The average Bonchev–Trinajstić information content (AvgIpc) is 3.34. The number of unbranched alkanes of at least 4 members (excludes halogenated alkanes) is 2. The molecule has 0 nitrogen and oxygen atoms in total. The van der Waals surface area contributed by atoms with E-state index in [0.717, 1.165) is 54.2 Å². The second-order valence-corrected chi connectivity index (χ2v) is 19.8. The van der Waals surface area contributed by atoms with E-state index in [1.807, 2.05) is 12.1 Å². The van der Waals surface area contributed by atoms with Crippen LogP contribution in [0, 0.1) is 30.4 Å². The highest BCUT2D eigenvalue weighted by Gasteiger charge is 2.24. The molecule has 2 aliphatic rings. The van der Waals surface area contributed by atoms with Gasteiger partial charge in [0.05, 0.1) is 0 Å². The molecule has 6 aromatic carbocycles. The first-order valence-corrected chi connectivity index (χ1v) is 25.7. The Bertz CT molecular complexity index is 2300. The number of rotatable bonds is 17. The summed E-state index contributed by atoms with van der Waals surface area (Å²) < 4.78 is 30.0. The van der Waals surface area contributed by atoms with Crippen LogP contribution < -0.4 is 0 Å². The summed E-state index contributed by atoms with van der Waals surface area (Å²) in [4.78, 5) is 0. The monoisotopic (exact) mass is 871 g/mol. The Morgan fingerprint density at radius 3 is 1.17 bits per heavy atom. The molecular weight excluding hydrogens is 795 g/mol. The van der Waals surface area contributed by atoms with E-state index in [9.17, 15) is 4.39 Å². The molecule has 8 rings (SSSR count). The van der Waals surface area contributed by atoms with Gasteiger partial charge in [0, 0.05) is 11.1 Å². The first-order chi connectivity index (χ1) is 31.8. The third-order valence-electron chi connectivity index (χ3n) is 15.0. The van der Waals surface area contributed by atoms with Crippen molar-refractivity contribution in [1.29, 1.82) is 0 Å². The minimum absolute atomic E-state index is 0.0816. The van der Waals surface area contributed by atoms with Crippen LogP contribution in [0.4, 0.5) is 8.78 Å². The lowest BCUT2D eigenvalue weighted by molar-refractivity contribution is 0.308. The Labute approximate surface area is 392 Å². The van der Waals surface area contributed by atoms with Crippen LogP contribution in [-0.4, -0.2) is 0 Å². The van der Waals surface area contributed by atoms with Gasteiger partial charge in [0.2, 0.25) is 0 Å². The zero-order valence-corrected chi connectivity index (χ0v) is 40.2. The van der Waals surface area contributed by atoms with E-state index in [-0.39, 0.29) is 11.6 Å². The molecule has 2 fully saturated rings. The third kappa shape index (κ3) is 14.1. The molecule has 0 heterocycles. The van der Waals surface area contributed by atoms with Gasteiger partial charge in [0.1, 0.15) is 11.6 Å². The predicted molar refractivity (Wildman–Crippen MR) is 274 cm³/mol. The number of benzene rings is 6. The van der Waals surface area contributed by atoms with Gasteiger partial charge in [-0.25, -0.2) is 8.78 Å². The molecule has 342 valence electrons. The zero-order valence-electron chi connectivity index (χ0n) is 40.2. The minimum atomic E-state index is -0.0828. The first-order valence-electron chi connectivity index (χ1n) is 25.7. The molecule has 0 N–H and O–H groups in total. The quantitative estimate of drug-likeness (QED) is 0.0801. The molecule has 0 spiro atoms. The Morgan fingerprint density at radius 1 is 0.400 bits per heavy atom. The van der Waals surface area contributed by atoms with E-state index in [2.05, 4.69) is 137 Å². The second-order valence-electron chi connectivity index (χ2n) is 19.8. The van der Waals surface area contributed by atoms with Crippen molar-refractivity contribution in [3.8, 4) is 22.3 Å². The molecular formula is C63H76F2. The highest BCUT2D eigenvalue weighted by atomic mass is 19.1. The second kappa shape index (κ2) is 24.6. The molecule has 0 aromatic heterocycles. The van der Waals surface area contributed by atoms with Crippen molar-refractivity contribution in [3.05, 3.63) is 190 Å². The van der Waals surface area contributed by atoms with Gasteiger partial charge in [-0.3, -0.25) is 0 Å². The maximum Gasteiger partial charge on any atom is 0.131 e. The van der Waals surface area contributed by atoms with Crippen molar-refractivity contribution in [2.75, 3.05) is 0 Å². The summed E-state index contributed by atoms with van der Waals surface area (Å²) in [7, 11) is 0. The molecule has 0 radical (unpaired) electrons. The molecule has 65 heavy (non-hydrogen) atoms. The fraction of sp³-hybridized carbons (Fsp3) is 0.429. The van der Waals surface area contributed by atoms with Crippen LogP contribution in [0.25, 0.3) is 22.3 Å². The fourth-order valence-electron chi connectivity index (χ4n) is 10.6. The van der Waals surface area contributed by atoms with E-state index < -0.39 is 0 Å². The van der Waals surface area contributed by atoms with Crippen molar-refractivity contribution < 1.29 is 8.78 Å². The molecule has 0 atom stereocenters. The topological polar surface area (TPSA) is 0 Å². The van der Waals surface area contributed by atoms with Gasteiger partial charge in [0.15, 0.2) is 0 Å². The molecule has 0 saturated heterocycles. The average molecular weight is 871 g/mol. The van der Waals surface area contributed by atoms with Crippen LogP contribution in [0.3, 0.4) is 0 Å². The third-order valence-corrected chi connectivity index (χ3v) is 15.0. The van der Waals surface area contributed by atoms with Crippen molar-refractivity contribution in [2.24, 2.45) is 11.8 Å². The fourth-order valence-corrected chi connectivity index (χ4v) is 10.6. The highest BCUT2D eigenvalue weighted by molar-refractivity contribution is 5.66. The van der Waals surface area contributed by atoms with E-state index >= 15 is 4.39 Å². The van der Waals surface area contributed by atoms with Gasteiger partial charge in [-0.1, -0.05) is 180 Å². The Balaban J connectivity index is 0.000000195. The SMILES string of the molecule is CCCCCc1ccc(CCc2ccc(-c3ccc([C@H]4CC[C@H](CC)CC4)cc3F)cc2)cc1.CCC[C@H]1CC[C@H](c2ccc(-c3ccc(CCc4ccc(C)cc4)cc3)c(F)c2)CC1. The van der Waals surface area contributed by atoms with Crippen LogP contribution in [-0.2, 0) is 32.1 Å². The summed E-state index contributed by atoms with van der Waals surface area (Å²) in [5.41, 5.74) is 13.8. The lowest BCUT2D eigenvalue weighted by Crippen LogP contribution is -2.13. The Kier molecular flexibility index (Phi) is 18.2. The molecule has 0 unspecified atom stereocenters. The maximum absolute atomic E-state index is 15.0. The molecule has 2 heteroatoms. The molecule has 2 aliphatic carbocycles. The maximum atomic E-state index is 15.0. The summed E-state index contributed by atoms with van der Waals surface area (Å²) >= 11 is 0. The Hall–Kier alpha value is -4.82. The number of hydrogen-bond acceptors (Lipinski definition) is 0. The van der Waals surface area contributed by atoms with Crippen LogP contribution in [0.1, 0.15) is 167 Å². The van der Waals surface area contributed by atoms with Crippen molar-refractivity contribution >= 4 is 0 Å². The smallest absolute Gasteiger partial charge is 0.131 e. The summed E-state index contributed by atoms with van der Waals surface area (Å²) in [5.74, 6) is 2.64. The van der Waals surface area contributed by atoms with E-state index in [4.69, 9.17) is 0 Å². The van der Waals surface area contributed by atoms with Crippen LogP contribution >= 0.6 is 0 Å². The zero-order chi connectivity index (χ0) is 45.4. The predicted octanol–water partition coefficient (Wildman–Crippen LogP) is 18.4. The molecule has 0 aliphatic heterocycles. The largest absolute Gasteiger partial charge is 0.206 e. The summed E-state index contributed by atoms with van der Waals surface area (Å²) in [6.07, 6.45) is 23.0. The standard InChI is InChI=1S/C33H41F.C30H35F/c1-3-5-6-7-26-8-10-27(11-9-26)12-13-28-16-20-30(21-17-28)32-23-22-31(24-33(32)34)29-18-14-25(4-2)15-19-29;1-3-4-23-11-15-26(16-12-23)28-19-20-29(30(31)21-28)27-17-13-25(14-18-27)10-9-24-7-5-22(2)6-8-24/h8-11,16-17,20-25,29H,3-7,12-15,18-19H2,1-2H3;5-8,13-14,17-21,23,26H,3-4,9-12,15-16H2,1-2H3/t25-,29-;23-,26-. The molecule has 0 bridgehead atoms. The minimum Gasteiger partial charge on any atom is -0.206 e. The van der Waals surface area contributed by atoms with Crippen molar-refractivity contribution in [1.82, 2.24) is 0 Å². The van der Waals surface area contributed by atoms with Gasteiger partial charge >= 0.3 is 0 Å².